The lowest BCUT2D eigenvalue weighted by Gasteiger charge is -2.16. The van der Waals surface area contributed by atoms with Crippen LogP contribution < -0.4 is 0 Å². The molecule has 0 amide bonds. The van der Waals surface area contributed by atoms with Crippen molar-refractivity contribution in [2.45, 2.75) is 58.6 Å². The third kappa shape index (κ3) is 3.62. The van der Waals surface area contributed by atoms with Crippen molar-refractivity contribution in [2.24, 2.45) is 0 Å². The van der Waals surface area contributed by atoms with Crippen molar-refractivity contribution in [3.63, 3.8) is 0 Å². The highest BCUT2D eigenvalue weighted by atomic mass is 15.0. The summed E-state index contributed by atoms with van der Waals surface area (Å²) in [6.45, 7) is 13.3. The SMILES string of the molecule is CC(C)(C)[B]Cc1ccn2cc(C(C)(C)C)nc2c1. The van der Waals surface area contributed by atoms with Crippen LogP contribution in [0.3, 0.4) is 0 Å². The fraction of sp³-hybridized carbons (Fsp3) is 0.562. The lowest BCUT2D eigenvalue weighted by Crippen LogP contribution is -2.11. The number of fused-ring (bicyclic) bond motifs is 1. The van der Waals surface area contributed by atoms with E-state index >= 15 is 0 Å². The monoisotopic (exact) mass is 255 g/mol. The van der Waals surface area contributed by atoms with Crippen molar-refractivity contribution in [3.8, 4) is 0 Å². The Hall–Kier alpha value is -1.25. The van der Waals surface area contributed by atoms with Crippen LogP contribution in [-0.4, -0.2) is 16.7 Å². The molecule has 19 heavy (non-hydrogen) atoms. The Kier molecular flexibility index (Phi) is 3.50. The minimum Gasteiger partial charge on any atom is -0.307 e. The second-order valence-corrected chi connectivity index (χ2v) is 7.45. The zero-order chi connectivity index (χ0) is 14.3. The van der Waals surface area contributed by atoms with Gasteiger partial charge in [-0.3, -0.25) is 0 Å². The Labute approximate surface area is 117 Å². The maximum absolute atomic E-state index is 4.74. The highest BCUT2D eigenvalue weighted by molar-refractivity contribution is 6.39. The number of nitrogens with zero attached hydrogens (tertiary/aromatic N) is 2. The molecule has 2 aromatic rings. The molecule has 0 spiro atoms. The van der Waals surface area contributed by atoms with Gasteiger partial charge in [-0.2, -0.15) is 0 Å². The zero-order valence-corrected chi connectivity index (χ0v) is 13.0. The van der Waals surface area contributed by atoms with Crippen molar-refractivity contribution < 1.29 is 0 Å². The van der Waals surface area contributed by atoms with Crippen LogP contribution in [-0.2, 0) is 11.7 Å². The van der Waals surface area contributed by atoms with Crippen molar-refractivity contribution in [1.82, 2.24) is 9.38 Å². The van der Waals surface area contributed by atoms with Crippen LogP contribution in [0.15, 0.2) is 24.5 Å². The smallest absolute Gasteiger partial charge is 0.137 e. The molecule has 0 bridgehead atoms. The number of hydrogen-bond donors (Lipinski definition) is 0. The van der Waals surface area contributed by atoms with Gasteiger partial charge < -0.3 is 4.40 Å². The second kappa shape index (κ2) is 4.70. The molecular formula is C16H24BN2. The number of hydrogen-bond acceptors (Lipinski definition) is 1. The Bertz CT molecular complexity index is 570. The van der Waals surface area contributed by atoms with E-state index in [0.717, 1.165) is 17.7 Å². The molecule has 2 aromatic heterocycles. The first-order valence-electron chi connectivity index (χ1n) is 6.98. The molecular weight excluding hydrogens is 231 g/mol. The summed E-state index contributed by atoms with van der Waals surface area (Å²) in [6.07, 6.45) is 5.24. The summed E-state index contributed by atoms with van der Waals surface area (Å²) in [6, 6.07) is 4.38. The number of rotatable bonds is 2. The summed E-state index contributed by atoms with van der Waals surface area (Å²) in [4.78, 5) is 4.74. The van der Waals surface area contributed by atoms with E-state index in [1.165, 1.54) is 5.56 Å². The van der Waals surface area contributed by atoms with Gasteiger partial charge in [0.05, 0.1) is 5.69 Å². The topological polar surface area (TPSA) is 17.3 Å². The molecule has 0 atom stereocenters. The maximum atomic E-state index is 4.74. The summed E-state index contributed by atoms with van der Waals surface area (Å²) in [5.41, 5.74) is 3.62. The van der Waals surface area contributed by atoms with E-state index < -0.39 is 0 Å². The van der Waals surface area contributed by atoms with Gasteiger partial charge in [0.25, 0.3) is 0 Å². The average Bonchev–Trinajstić information content (AvgIpc) is 2.67. The summed E-state index contributed by atoms with van der Waals surface area (Å²) in [5.74, 6) is 0. The summed E-state index contributed by atoms with van der Waals surface area (Å²) in [5, 5.41) is 0.262. The standard InChI is InChI=1S/C16H24BN2/c1-15(2,3)13-11-19-8-7-12(9-14(19)18-13)10-17-16(4,5)6/h7-9,11H,10H2,1-6H3. The lowest BCUT2D eigenvalue weighted by atomic mass is 9.52. The predicted octanol–water partition coefficient (Wildman–Crippen LogP) is 4.05. The Morgan fingerprint density at radius 3 is 2.42 bits per heavy atom. The van der Waals surface area contributed by atoms with Crippen LogP contribution in [0.5, 0.6) is 0 Å². The molecule has 0 fully saturated rings. The van der Waals surface area contributed by atoms with E-state index in [1.807, 2.05) is 0 Å². The van der Waals surface area contributed by atoms with Gasteiger partial charge in [0.2, 0.25) is 0 Å². The van der Waals surface area contributed by atoms with Crippen molar-refractivity contribution in [1.29, 1.82) is 0 Å². The zero-order valence-electron chi connectivity index (χ0n) is 13.0. The van der Waals surface area contributed by atoms with Crippen molar-refractivity contribution in [3.05, 3.63) is 35.8 Å². The van der Waals surface area contributed by atoms with Gasteiger partial charge in [0.15, 0.2) is 0 Å². The van der Waals surface area contributed by atoms with Gasteiger partial charge in [-0.1, -0.05) is 58.7 Å². The van der Waals surface area contributed by atoms with Crippen LogP contribution in [0, 0.1) is 0 Å². The minimum absolute atomic E-state index is 0.101. The fourth-order valence-corrected chi connectivity index (χ4v) is 1.94. The van der Waals surface area contributed by atoms with Crippen LogP contribution in [0.2, 0.25) is 5.31 Å². The van der Waals surface area contributed by atoms with Crippen LogP contribution >= 0.6 is 0 Å². The van der Waals surface area contributed by atoms with Gasteiger partial charge in [-0.15, -0.1) is 0 Å². The van der Waals surface area contributed by atoms with E-state index in [-0.39, 0.29) is 10.7 Å². The molecule has 101 valence electrons. The molecule has 2 heterocycles. The van der Waals surface area contributed by atoms with Gasteiger partial charge in [0.1, 0.15) is 12.9 Å². The molecule has 2 nitrogen and oxygen atoms in total. The molecule has 0 aromatic carbocycles. The highest BCUT2D eigenvalue weighted by Crippen LogP contribution is 2.24. The number of pyridine rings is 1. The average molecular weight is 255 g/mol. The predicted molar refractivity (Wildman–Crippen MR) is 83.1 cm³/mol. The van der Waals surface area contributed by atoms with E-state index in [0.29, 0.717) is 0 Å². The van der Waals surface area contributed by atoms with Crippen LogP contribution in [0.4, 0.5) is 0 Å². The third-order valence-electron chi connectivity index (χ3n) is 3.24. The van der Waals surface area contributed by atoms with E-state index in [4.69, 9.17) is 4.98 Å². The molecule has 2 rings (SSSR count). The molecule has 0 saturated heterocycles. The molecule has 0 aliphatic heterocycles. The normalized spacial score (nSPS) is 12.9. The number of aromatic nitrogens is 2. The maximum Gasteiger partial charge on any atom is 0.137 e. The van der Waals surface area contributed by atoms with Crippen molar-refractivity contribution in [2.75, 3.05) is 0 Å². The van der Waals surface area contributed by atoms with Gasteiger partial charge >= 0.3 is 0 Å². The molecule has 0 unspecified atom stereocenters. The summed E-state index contributed by atoms with van der Waals surface area (Å²) >= 11 is 0. The highest BCUT2D eigenvalue weighted by Gasteiger charge is 2.18. The summed E-state index contributed by atoms with van der Waals surface area (Å²) in [7, 11) is 2.35. The van der Waals surface area contributed by atoms with Gasteiger partial charge in [-0.25, -0.2) is 4.98 Å². The molecule has 0 N–H and O–H groups in total. The first kappa shape index (κ1) is 14.2. The minimum atomic E-state index is 0.101. The first-order chi connectivity index (χ1) is 8.65. The first-order valence-corrected chi connectivity index (χ1v) is 6.98. The summed E-state index contributed by atoms with van der Waals surface area (Å²) < 4.78 is 2.11. The van der Waals surface area contributed by atoms with Crippen LogP contribution in [0.25, 0.3) is 5.65 Å². The Morgan fingerprint density at radius 1 is 1.16 bits per heavy atom. The van der Waals surface area contributed by atoms with E-state index in [9.17, 15) is 0 Å². The lowest BCUT2D eigenvalue weighted by molar-refractivity contribution is 0.573. The van der Waals surface area contributed by atoms with Gasteiger partial charge in [-0.05, 0) is 12.1 Å². The Balaban J connectivity index is 2.26. The van der Waals surface area contributed by atoms with Crippen molar-refractivity contribution >= 4 is 12.9 Å². The molecule has 3 heteroatoms. The van der Waals surface area contributed by atoms with E-state index in [1.54, 1.807) is 0 Å². The molecule has 0 aliphatic rings. The third-order valence-corrected chi connectivity index (χ3v) is 3.24. The Morgan fingerprint density at radius 2 is 1.84 bits per heavy atom. The van der Waals surface area contributed by atoms with E-state index in [2.05, 4.69) is 77.7 Å². The fourth-order valence-electron chi connectivity index (χ4n) is 1.94. The van der Waals surface area contributed by atoms with Gasteiger partial charge in [0, 0.05) is 17.8 Å². The molecule has 0 saturated carbocycles. The number of imidazole rings is 1. The largest absolute Gasteiger partial charge is 0.307 e. The molecule has 0 aliphatic carbocycles. The van der Waals surface area contributed by atoms with Crippen LogP contribution in [0.1, 0.15) is 52.8 Å². The molecule has 1 radical (unpaired) electrons. The second-order valence-electron chi connectivity index (χ2n) is 7.45. The quantitative estimate of drug-likeness (QED) is 0.740.